The van der Waals surface area contributed by atoms with Crippen LogP contribution in [0, 0.1) is 0 Å². The molecule has 1 amide bonds. The highest BCUT2D eigenvalue weighted by Gasteiger charge is 2.39. The van der Waals surface area contributed by atoms with Gasteiger partial charge in [-0.25, -0.2) is 9.97 Å². The van der Waals surface area contributed by atoms with E-state index in [2.05, 4.69) is 34.3 Å². The third-order valence-electron chi connectivity index (χ3n) is 6.41. The van der Waals surface area contributed by atoms with Gasteiger partial charge in [-0.1, -0.05) is 50.5 Å². The Kier molecular flexibility index (Phi) is 6.63. The van der Waals surface area contributed by atoms with Crippen LogP contribution < -0.4 is 10.1 Å². The van der Waals surface area contributed by atoms with Gasteiger partial charge in [-0.3, -0.25) is 9.89 Å². The number of fused-ring (bicyclic) bond motifs is 1. The number of hydrogen-bond acceptors (Lipinski definition) is 6. The van der Waals surface area contributed by atoms with Crippen molar-refractivity contribution in [2.24, 2.45) is 0 Å². The predicted molar refractivity (Wildman–Crippen MR) is 139 cm³/mol. The van der Waals surface area contributed by atoms with Gasteiger partial charge in [0.1, 0.15) is 17.1 Å². The van der Waals surface area contributed by atoms with E-state index in [1.54, 1.807) is 11.3 Å². The Morgan fingerprint density at radius 2 is 1.91 bits per heavy atom. The summed E-state index contributed by atoms with van der Waals surface area (Å²) in [5.41, 5.74) is 2.69. The van der Waals surface area contributed by atoms with Crippen molar-refractivity contribution in [2.75, 3.05) is 6.61 Å². The molecule has 4 aromatic rings. The number of H-pyrrole nitrogens is 1. The molecule has 5 rings (SSSR count). The Morgan fingerprint density at radius 3 is 2.66 bits per heavy atom. The zero-order valence-electron chi connectivity index (χ0n) is 20.0. The van der Waals surface area contributed by atoms with Gasteiger partial charge in [0.05, 0.1) is 27.9 Å². The van der Waals surface area contributed by atoms with Gasteiger partial charge in [-0.15, -0.1) is 11.3 Å². The minimum atomic E-state index is -0.604. The molecule has 0 bridgehead atoms. The highest BCUT2D eigenvalue weighted by molar-refractivity contribution is 7.19. The molecule has 1 aliphatic rings. The first kappa shape index (κ1) is 23.2. The minimum absolute atomic E-state index is 0.194. The van der Waals surface area contributed by atoms with Crippen molar-refractivity contribution in [2.45, 2.75) is 51.5 Å². The van der Waals surface area contributed by atoms with E-state index in [4.69, 9.17) is 9.72 Å². The van der Waals surface area contributed by atoms with Crippen LogP contribution in [0.5, 0.6) is 5.75 Å². The number of thiazole rings is 1. The van der Waals surface area contributed by atoms with Crippen LogP contribution in [0.25, 0.3) is 21.4 Å². The van der Waals surface area contributed by atoms with Gasteiger partial charge < -0.3 is 10.1 Å². The van der Waals surface area contributed by atoms with Gasteiger partial charge in [0.2, 0.25) is 0 Å². The van der Waals surface area contributed by atoms with E-state index in [-0.39, 0.29) is 5.91 Å². The monoisotopic (exact) mass is 487 g/mol. The number of rotatable bonds is 9. The van der Waals surface area contributed by atoms with E-state index in [1.807, 2.05) is 48.5 Å². The number of aromatic nitrogens is 4. The number of aromatic amines is 1. The summed E-state index contributed by atoms with van der Waals surface area (Å²) in [4.78, 5) is 22.6. The van der Waals surface area contributed by atoms with Crippen molar-refractivity contribution in [1.29, 1.82) is 0 Å². The Morgan fingerprint density at radius 1 is 1.09 bits per heavy atom. The zero-order valence-corrected chi connectivity index (χ0v) is 20.8. The molecule has 0 radical (unpaired) electrons. The van der Waals surface area contributed by atoms with Crippen LogP contribution >= 0.6 is 11.3 Å². The lowest BCUT2D eigenvalue weighted by Crippen LogP contribution is -2.47. The molecule has 7 nitrogen and oxygen atoms in total. The van der Waals surface area contributed by atoms with E-state index >= 15 is 0 Å². The summed E-state index contributed by atoms with van der Waals surface area (Å²) in [6.07, 6.45) is 6.69. The molecule has 2 N–H and O–H groups in total. The number of ether oxygens (including phenoxy) is 1. The summed E-state index contributed by atoms with van der Waals surface area (Å²) in [6.45, 7) is 4.98. The first-order valence-electron chi connectivity index (χ1n) is 12.1. The summed E-state index contributed by atoms with van der Waals surface area (Å²) >= 11 is 1.59. The van der Waals surface area contributed by atoms with E-state index in [9.17, 15) is 4.79 Å². The van der Waals surface area contributed by atoms with Crippen molar-refractivity contribution in [3.63, 3.8) is 0 Å². The normalized spacial score (nSPS) is 18.2. The molecular formula is C27H29N5O2S. The molecule has 0 spiro atoms. The highest BCUT2D eigenvalue weighted by atomic mass is 32.1. The number of carbonyl (C=O) groups excluding carboxylic acids is 1. The van der Waals surface area contributed by atoms with Crippen molar-refractivity contribution in [3.05, 3.63) is 71.3 Å². The van der Waals surface area contributed by atoms with Gasteiger partial charge in [0.25, 0.3) is 5.91 Å². The number of nitrogens with zero attached hydrogens (tertiary/aromatic N) is 3. The Labute approximate surface area is 208 Å². The van der Waals surface area contributed by atoms with E-state index in [0.717, 1.165) is 45.1 Å². The molecule has 0 fully saturated rings. The summed E-state index contributed by atoms with van der Waals surface area (Å²) in [5.74, 6) is 1.10. The Balaban J connectivity index is 1.45. The van der Waals surface area contributed by atoms with E-state index < -0.39 is 5.54 Å². The van der Waals surface area contributed by atoms with Crippen molar-refractivity contribution >= 4 is 38.6 Å². The van der Waals surface area contributed by atoms with Gasteiger partial charge in [0, 0.05) is 12.0 Å². The quantitative estimate of drug-likeness (QED) is 0.295. The molecule has 2 aromatic heterocycles. The molecule has 0 saturated heterocycles. The van der Waals surface area contributed by atoms with Crippen LogP contribution in [-0.4, -0.2) is 32.7 Å². The number of para-hydroxylation sites is 1. The topological polar surface area (TPSA) is 92.8 Å². The zero-order chi connectivity index (χ0) is 24.3. The maximum atomic E-state index is 13.5. The maximum Gasteiger partial charge on any atom is 0.256 e. The lowest BCUT2D eigenvalue weighted by atomic mass is 9.80. The summed E-state index contributed by atoms with van der Waals surface area (Å²) in [7, 11) is 0. The average molecular weight is 488 g/mol. The van der Waals surface area contributed by atoms with Gasteiger partial charge in [-0.2, -0.15) is 5.10 Å². The van der Waals surface area contributed by atoms with Crippen LogP contribution in [0.1, 0.15) is 62.3 Å². The summed E-state index contributed by atoms with van der Waals surface area (Å²) in [6, 6.07) is 16.1. The molecule has 35 heavy (non-hydrogen) atoms. The molecule has 180 valence electrons. The van der Waals surface area contributed by atoms with Crippen LogP contribution in [0.15, 0.2) is 54.9 Å². The standard InChI is InChI=1S/C27H29N5O2S/c1-3-4-5-8-15-34-19-13-11-18(12-14-19)27(2)16-20(23(25(33)31-27)24-28-17-29-32-24)26-30-21-9-6-7-10-22(21)35-26/h6-7,9-14,17H,3-5,8,15-16H2,1-2H3,(H,31,33)(H,28,29,32). The molecule has 1 aliphatic heterocycles. The third kappa shape index (κ3) is 4.84. The number of hydrogen-bond donors (Lipinski definition) is 2. The Hall–Kier alpha value is -3.52. The van der Waals surface area contributed by atoms with Crippen molar-refractivity contribution in [1.82, 2.24) is 25.5 Å². The molecule has 0 saturated carbocycles. The molecule has 1 unspecified atom stereocenters. The maximum absolute atomic E-state index is 13.5. The van der Waals surface area contributed by atoms with Crippen LogP contribution in [-0.2, 0) is 10.3 Å². The second-order valence-corrected chi connectivity index (χ2v) is 10.1. The summed E-state index contributed by atoms with van der Waals surface area (Å²) in [5, 5.41) is 10.9. The van der Waals surface area contributed by atoms with E-state index in [1.165, 1.54) is 25.6 Å². The van der Waals surface area contributed by atoms with Crippen molar-refractivity contribution in [3.8, 4) is 5.75 Å². The number of nitrogens with one attached hydrogen (secondary N) is 2. The number of carbonyl (C=O) groups is 1. The largest absolute Gasteiger partial charge is 0.494 e. The fourth-order valence-corrected chi connectivity index (χ4v) is 5.52. The Bertz CT molecular complexity index is 1310. The fraction of sp³-hybridized carbons (Fsp3) is 0.333. The summed E-state index contributed by atoms with van der Waals surface area (Å²) < 4.78 is 7.00. The fourth-order valence-electron chi connectivity index (χ4n) is 4.51. The first-order chi connectivity index (χ1) is 17.1. The number of benzene rings is 2. The predicted octanol–water partition coefficient (Wildman–Crippen LogP) is 5.72. The van der Waals surface area contributed by atoms with Crippen LogP contribution in [0.4, 0.5) is 0 Å². The van der Waals surface area contributed by atoms with Crippen LogP contribution in [0.3, 0.4) is 0 Å². The SMILES string of the molecule is CCCCCCOc1ccc(C2(C)CC(c3nc4ccccc4s3)=C(c3ncn[nH]3)C(=O)N2)cc1. The second kappa shape index (κ2) is 10.00. The first-order valence-corrected chi connectivity index (χ1v) is 12.9. The van der Waals surface area contributed by atoms with E-state index in [0.29, 0.717) is 17.8 Å². The third-order valence-corrected chi connectivity index (χ3v) is 7.51. The minimum Gasteiger partial charge on any atom is -0.494 e. The second-order valence-electron chi connectivity index (χ2n) is 9.07. The van der Waals surface area contributed by atoms with Gasteiger partial charge in [-0.05, 0) is 43.2 Å². The van der Waals surface area contributed by atoms with Crippen LogP contribution in [0.2, 0.25) is 0 Å². The molecule has 3 heterocycles. The molecular weight excluding hydrogens is 458 g/mol. The number of unbranched alkanes of at least 4 members (excludes halogenated alkanes) is 3. The molecule has 0 aliphatic carbocycles. The average Bonchev–Trinajstić information content (AvgIpc) is 3.54. The molecule has 1 atom stereocenters. The smallest absolute Gasteiger partial charge is 0.256 e. The molecule has 8 heteroatoms. The van der Waals surface area contributed by atoms with Crippen molar-refractivity contribution < 1.29 is 9.53 Å². The number of amides is 1. The lowest BCUT2D eigenvalue weighted by Gasteiger charge is -2.36. The highest BCUT2D eigenvalue weighted by Crippen LogP contribution is 2.43. The molecule has 2 aromatic carbocycles. The van der Waals surface area contributed by atoms with Gasteiger partial charge >= 0.3 is 0 Å². The van der Waals surface area contributed by atoms with Gasteiger partial charge in [0.15, 0.2) is 5.82 Å². The lowest BCUT2D eigenvalue weighted by molar-refractivity contribution is -0.117.